The highest BCUT2D eigenvalue weighted by Crippen LogP contribution is 1.88. The quantitative estimate of drug-likeness (QED) is 0.576. The zero-order chi connectivity index (χ0) is 9.56. The molecule has 0 aromatic carbocycles. The summed E-state index contributed by atoms with van der Waals surface area (Å²) in [5.41, 5.74) is 0.171. The molecule has 12 heavy (non-hydrogen) atoms. The number of hydrogen-bond donors (Lipinski definition) is 2. The molecule has 0 unspecified atom stereocenters. The molecule has 0 rings (SSSR count). The van der Waals surface area contributed by atoms with Crippen LogP contribution in [0, 0.1) is 0 Å². The number of methoxy groups -OCH3 is 1. The Hall–Kier alpha value is -1.52. The maximum atomic E-state index is 10.9. The lowest BCUT2D eigenvalue weighted by atomic mass is 10.4. The van der Waals surface area contributed by atoms with Crippen LogP contribution in [0.5, 0.6) is 0 Å². The largest absolute Gasteiger partial charge is 0.453 e. The minimum Gasteiger partial charge on any atom is -0.453 e. The van der Waals surface area contributed by atoms with Gasteiger partial charge in [-0.1, -0.05) is 6.08 Å². The maximum absolute atomic E-state index is 10.9. The van der Waals surface area contributed by atoms with Crippen molar-refractivity contribution in [2.24, 2.45) is 0 Å². The molecule has 0 aliphatic heterocycles. The van der Waals surface area contributed by atoms with Crippen molar-refractivity contribution < 1.29 is 14.3 Å². The fourth-order valence-electron chi connectivity index (χ4n) is 0.556. The van der Waals surface area contributed by atoms with Gasteiger partial charge in [-0.05, 0) is 6.92 Å². The number of amides is 2. The first-order chi connectivity index (χ1) is 5.65. The third-order valence-corrected chi connectivity index (χ3v) is 1.18. The number of rotatable bonds is 2. The van der Waals surface area contributed by atoms with Crippen molar-refractivity contribution in [1.29, 1.82) is 0 Å². The third-order valence-electron chi connectivity index (χ3n) is 1.18. The second-order valence-electron chi connectivity index (χ2n) is 1.90. The van der Waals surface area contributed by atoms with Gasteiger partial charge < -0.3 is 10.1 Å². The van der Waals surface area contributed by atoms with Gasteiger partial charge in [-0.25, -0.2) is 4.79 Å². The van der Waals surface area contributed by atoms with Gasteiger partial charge in [0.15, 0.2) is 0 Å². The van der Waals surface area contributed by atoms with Gasteiger partial charge in [0.2, 0.25) is 0 Å². The van der Waals surface area contributed by atoms with Crippen LogP contribution in [-0.4, -0.2) is 26.2 Å². The van der Waals surface area contributed by atoms with E-state index in [1.165, 1.54) is 20.2 Å². The first kappa shape index (κ1) is 10.5. The third kappa shape index (κ3) is 3.05. The summed E-state index contributed by atoms with van der Waals surface area (Å²) in [4.78, 5) is 21.6. The van der Waals surface area contributed by atoms with E-state index in [1.54, 1.807) is 6.92 Å². The lowest BCUT2D eigenvalue weighted by Crippen LogP contribution is -2.32. The Morgan fingerprint density at radius 1 is 1.42 bits per heavy atom. The van der Waals surface area contributed by atoms with Crippen molar-refractivity contribution >= 4 is 12.0 Å². The normalized spacial score (nSPS) is 10.4. The van der Waals surface area contributed by atoms with Crippen LogP contribution in [0.1, 0.15) is 6.92 Å². The monoisotopic (exact) mass is 172 g/mol. The molecule has 0 saturated heterocycles. The van der Waals surface area contributed by atoms with Crippen LogP contribution in [0.15, 0.2) is 11.8 Å². The van der Waals surface area contributed by atoms with Crippen molar-refractivity contribution in [2.45, 2.75) is 6.92 Å². The molecule has 0 aliphatic carbocycles. The summed E-state index contributed by atoms with van der Waals surface area (Å²) in [5, 5.41) is 4.62. The molecule has 0 radical (unpaired) electrons. The summed E-state index contributed by atoms with van der Waals surface area (Å²) in [6.07, 6.45) is 0.821. The van der Waals surface area contributed by atoms with Crippen LogP contribution in [0.2, 0.25) is 0 Å². The molecule has 0 spiro atoms. The maximum Gasteiger partial charge on any atom is 0.411 e. The Morgan fingerprint density at radius 2 is 2.00 bits per heavy atom. The molecular weight excluding hydrogens is 160 g/mol. The summed E-state index contributed by atoms with van der Waals surface area (Å²) >= 11 is 0. The van der Waals surface area contributed by atoms with Crippen LogP contribution in [0.25, 0.3) is 0 Å². The summed E-state index contributed by atoms with van der Waals surface area (Å²) < 4.78 is 4.31. The SMILES string of the molecule is C/C=C(\NC(=O)OC)C(=O)NC. The van der Waals surface area contributed by atoms with E-state index >= 15 is 0 Å². The molecule has 0 saturated carbocycles. The second kappa shape index (κ2) is 5.17. The van der Waals surface area contributed by atoms with Gasteiger partial charge >= 0.3 is 6.09 Å². The minimum absolute atomic E-state index is 0.171. The molecule has 2 N–H and O–H groups in total. The smallest absolute Gasteiger partial charge is 0.411 e. The van der Waals surface area contributed by atoms with Crippen LogP contribution >= 0.6 is 0 Å². The molecule has 0 aromatic rings. The Labute approximate surface area is 70.8 Å². The number of alkyl carbamates (subject to hydrolysis) is 1. The Bertz CT molecular complexity index is 211. The highest BCUT2D eigenvalue weighted by atomic mass is 16.5. The van der Waals surface area contributed by atoms with E-state index in [0.29, 0.717) is 0 Å². The summed E-state index contributed by atoms with van der Waals surface area (Å²) in [6.45, 7) is 1.64. The predicted molar refractivity (Wildman–Crippen MR) is 43.4 cm³/mol. The summed E-state index contributed by atoms with van der Waals surface area (Å²) in [7, 11) is 2.71. The molecule has 0 fully saturated rings. The average molecular weight is 172 g/mol. The van der Waals surface area contributed by atoms with E-state index in [9.17, 15) is 9.59 Å². The Morgan fingerprint density at radius 3 is 2.33 bits per heavy atom. The fraction of sp³-hybridized carbons (Fsp3) is 0.429. The Balaban J connectivity index is 4.20. The molecule has 2 amide bonds. The molecule has 5 nitrogen and oxygen atoms in total. The zero-order valence-electron chi connectivity index (χ0n) is 7.30. The van der Waals surface area contributed by atoms with Gasteiger partial charge in [0.1, 0.15) is 5.70 Å². The fourth-order valence-corrected chi connectivity index (χ4v) is 0.556. The van der Waals surface area contributed by atoms with Gasteiger partial charge in [-0.3, -0.25) is 10.1 Å². The van der Waals surface area contributed by atoms with E-state index < -0.39 is 6.09 Å². The molecule has 5 heteroatoms. The minimum atomic E-state index is -0.660. The molecule has 68 valence electrons. The Kier molecular flexibility index (Phi) is 4.52. The van der Waals surface area contributed by atoms with E-state index in [4.69, 9.17) is 0 Å². The van der Waals surface area contributed by atoms with Crippen LogP contribution in [0.4, 0.5) is 4.79 Å². The van der Waals surface area contributed by atoms with Gasteiger partial charge in [0, 0.05) is 7.05 Å². The highest BCUT2D eigenvalue weighted by molar-refractivity contribution is 5.95. The standard InChI is InChI=1S/C7H12N2O3/c1-4-5(6(10)8-2)9-7(11)12-3/h4H,1-3H3,(H,8,10)(H,9,11)/b5-4-. The predicted octanol–water partition coefficient (Wildman–Crippen LogP) is -0.00780. The molecular formula is C7H12N2O3. The molecule has 0 aliphatic rings. The average Bonchev–Trinajstić information content (AvgIpc) is 2.12. The number of hydrogen-bond acceptors (Lipinski definition) is 3. The lowest BCUT2D eigenvalue weighted by Gasteiger charge is -2.05. The van der Waals surface area contributed by atoms with Crippen molar-refractivity contribution in [1.82, 2.24) is 10.6 Å². The first-order valence-electron chi connectivity index (χ1n) is 3.39. The zero-order valence-corrected chi connectivity index (χ0v) is 7.30. The van der Waals surface area contributed by atoms with E-state index in [2.05, 4.69) is 15.4 Å². The second-order valence-corrected chi connectivity index (χ2v) is 1.90. The van der Waals surface area contributed by atoms with Gasteiger partial charge in [0.25, 0.3) is 5.91 Å². The van der Waals surface area contributed by atoms with Crippen molar-refractivity contribution in [3.63, 3.8) is 0 Å². The van der Waals surface area contributed by atoms with Gasteiger partial charge in [-0.15, -0.1) is 0 Å². The van der Waals surface area contributed by atoms with E-state index in [1.807, 2.05) is 0 Å². The summed E-state index contributed by atoms with van der Waals surface area (Å²) in [5.74, 6) is -0.358. The van der Waals surface area contributed by atoms with Crippen molar-refractivity contribution in [3.05, 3.63) is 11.8 Å². The van der Waals surface area contributed by atoms with E-state index in [-0.39, 0.29) is 11.6 Å². The van der Waals surface area contributed by atoms with Gasteiger partial charge in [0.05, 0.1) is 7.11 Å². The first-order valence-corrected chi connectivity index (χ1v) is 3.39. The van der Waals surface area contributed by atoms with E-state index in [0.717, 1.165) is 0 Å². The number of allylic oxidation sites excluding steroid dienone is 1. The number of carbonyl (C=O) groups is 2. The highest BCUT2D eigenvalue weighted by Gasteiger charge is 2.09. The molecule has 0 aromatic heterocycles. The summed E-state index contributed by atoms with van der Waals surface area (Å²) in [6, 6.07) is 0. The molecule has 0 bridgehead atoms. The number of nitrogens with one attached hydrogen (secondary N) is 2. The lowest BCUT2D eigenvalue weighted by molar-refractivity contribution is -0.117. The van der Waals surface area contributed by atoms with Crippen LogP contribution in [-0.2, 0) is 9.53 Å². The van der Waals surface area contributed by atoms with Gasteiger partial charge in [-0.2, -0.15) is 0 Å². The molecule has 0 heterocycles. The molecule has 0 atom stereocenters. The topological polar surface area (TPSA) is 67.4 Å². The van der Waals surface area contributed by atoms with Crippen LogP contribution in [0.3, 0.4) is 0 Å². The number of likely N-dealkylation sites (N-methyl/N-ethyl adjacent to an activating group) is 1. The number of carbonyl (C=O) groups excluding carboxylic acids is 2. The van der Waals surface area contributed by atoms with Crippen molar-refractivity contribution in [3.8, 4) is 0 Å². The van der Waals surface area contributed by atoms with Crippen LogP contribution < -0.4 is 10.6 Å². The number of ether oxygens (including phenoxy) is 1. The van der Waals surface area contributed by atoms with Crippen molar-refractivity contribution in [2.75, 3.05) is 14.2 Å².